The summed E-state index contributed by atoms with van der Waals surface area (Å²) in [5.74, 6) is -1.05. The van der Waals surface area contributed by atoms with E-state index in [2.05, 4.69) is 32.8 Å². The fourth-order valence-electron chi connectivity index (χ4n) is 5.94. The Balaban J connectivity index is 1.43. The molecule has 1 atom stereocenters. The molecule has 2 fully saturated rings. The van der Waals surface area contributed by atoms with E-state index in [-0.39, 0.29) is 28.0 Å². The van der Waals surface area contributed by atoms with Gasteiger partial charge in [-0.15, -0.1) is 0 Å². The monoisotopic (exact) mass is 531 g/mol. The maximum Gasteiger partial charge on any atom is 0.256 e. The van der Waals surface area contributed by atoms with Crippen molar-refractivity contribution >= 4 is 16.6 Å². The van der Waals surface area contributed by atoms with Gasteiger partial charge in [0.05, 0.1) is 0 Å². The van der Waals surface area contributed by atoms with Crippen molar-refractivity contribution in [3.63, 3.8) is 0 Å². The molecule has 9 heteroatoms. The van der Waals surface area contributed by atoms with Gasteiger partial charge >= 0.3 is 0 Å². The van der Waals surface area contributed by atoms with Crippen LogP contribution in [-0.4, -0.2) is 45.7 Å². The summed E-state index contributed by atoms with van der Waals surface area (Å²) in [6.07, 6.45) is 5.29. The van der Waals surface area contributed by atoms with Crippen LogP contribution < -0.4 is 11.3 Å². The number of nitrogens with one attached hydrogen (secondary N) is 1. The molecule has 6 rings (SSSR count). The standard InChI is InChI=1S/C30H31F2N5O2/c1-17-3-2-10-37(17)16-21-13-19(4-6-22(21)18-8-11-39-12-9-18)26-28(32)36-29(33)27(35-26)20-5-7-23-24(14-20)25(31)15-34-30(23)38/h4-7,13-15,17-18H,2-3,8-12,16H2,1H3,(H2,33,36)(H,34,38). The minimum Gasteiger partial charge on any atom is -0.382 e. The van der Waals surface area contributed by atoms with E-state index in [1.807, 2.05) is 12.1 Å². The molecule has 39 heavy (non-hydrogen) atoms. The number of likely N-dealkylation sites (tertiary alicyclic amines) is 1. The van der Waals surface area contributed by atoms with Crippen LogP contribution in [0.5, 0.6) is 0 Å². The van der Waals surface area contributed by atoms with Gasteiger partial charge in [0.2, 0.25) is 5.95 Å². The van der Waals surface area contributed by atoms with Gasteiger partial charge in [-0.2, -0.15) is 9.37 Å². The van der Waals surface area contributed by atoms with E-state index in [1.165, 1.54) is 36.1 Å². The number of pyridine rings is 1. The first-order chi connectivity index (χ1) is 18.9. The zero-order chi connectivity index (χ0) is 27.1. The highest BCUT2D eigenvalue weighted by Gasteiger charge is 2.25. The van der Waals surface area contributed by atoms with Crippen LogP contribution in [0.3, 0.4) is 0 Å². The van der Waals surface area contributed by atoms with Crippen molar-refractivity contribution in [3.8, 4) is 22.5 Å². The number of nitrogens with zero attached hydrogens (tertiary/aromatic N) is 3. The summed E-state index contributed by atoms with van der Waals surface area (Å²) in [6.45, 7) is 5.57. The van der Waals surface area contributed by atoms with Crippen LogP contribution in [0.4, 0.5) is 14.6 Å². The molecule has 1 unspecified atom stereocenters. The number of anilines is 1. The average molecular weight is 532 g/mol. The number of benzene rings is 2. The molecule has 2 aromatic heterocycles. The number of fused-ring (bicyclic) bond motifs is 1. The van der Waals surface area contributed by atoms with E-state index >= 15 is 4.39 Å². The number of rotatable bonds is 5. The van der Waals surface area contributed by atoms with Gasteiger partial charge in [-0.3, -0.25) is 9.69 Å². The normalized spacial score (nSPS) is 18.7. The molecule has 0 amide bonds. The van der Waals surface area contributed by atoms with Crippen LogP contribution in [0.2, 0.25) is 0 Å². The molecule has 2 saturated heterocycles. The quantitative estimate of drug-likeness (QED) is 0.358. The van der Waals surface area contributed by atoms with Crippen molar-refractivity contribution in [3.05, 3.63) is 75.8 Å². The minimum atomic E-state index is -0.765. The van der Waals surface area contributed by atoms with Crippen molar-refractivity contribution < 1.29 is 13.5 Å². The molecular formula is C30H31F2N5O2. The molecule has 2 aliphatic rings. The summed E-state index contributed by atoms with van der Waals surface area (Å²) in [5, 5.41) is 0.336. The van der Waals surface area contributed by atoms with Gasteiger partial charge in [0.25, 0.3) is 5.56 Å². The van der Waals surface area contributed by atoms with Crippen molar-refractivity contribution in [2.45, 2.75) is 51.1 Å². The van der Waals surface area contributed by atoms with E-state index in [0.29, 0.717) is 23.1 Å². The zero-order valence-corrected chi connectivity index (χ0v) is 21.8. The average Bonchev–Trinajstić information content (AvgIpc) is 3.35. The summed E-state index contributed by atoms with van der Waals surface area (Å²) in [5.41, 5.74) is 9.51. The number of hydrogen-bond acceptors (Lipinski definition) is 6. The Morgan fingerprint density at radius 1 is 1.03 bits per heavy atom. The largest absolute Gasteiger partial charge is 0.382 e. The van der Waals surface area contributed by atoms with E-state index < -0.39 is 17.3 Å². The fourth-order valence-corrected chi connectivity index (χ4v) is 5.94. The predicted octanol–water partition coefficient (Wildman–Crippen LogP) is 5.39. The molecule has 202 valence electrons. The summed E-state index contributed by atoms with van der Waals surface area (Å²) in [7, 11) is 0. The zero-order valence-electron chi connectivity index (χ0n) is 21.8. The Hall–Kier alpha value is -3.69. The molecule has 7 nitrogen and oxygen atoms in total. The molecule has 0 radical (unpaired) electrons. The topological polar surface area (TPSA) is 97.1 Å². The molecule has 4 aromatic rings. The van der Waals surface area contributed by atoms with Crippen LogP contribution in [0.1, 0.15) is 49.7 Å². The van der Waals surface area contributed by atoms with Crippen LogP contribution in [0, 0.1) is 11.8 Å². The SMILES string of the molecule is CC1CCCN1Cc1cc(-c2nc(-c3ccc4c(=O)[nH]cc(F)c4c3)c(N)nc2F)ccc1C1CCOCC1. The second-order valence-corrected chi connectivity index (χ2v) is 10.6. The lowest BCUT2D eigenvalue weighted by Crippen LogP contribution is -2.27. The lowest BCUT2D eigenvalue weighted by atomic mass is 9.87. The van der Waals surface area contributed by atoms with Gasteiger partial charge in [0.15, 0.2) is 5.82 Å². The Labute approximate surface area is 225 Å². The molecular weight excluding hydrogens is 500 g/mol. The molecule has 0 bridgehead atoms. The number of ether oxygens (including phenoxy) is 1. The van der Waals surface area contributed by atoms with Crippen molar-refractivity contribution in [1.29, 1.82) is 0 Å². The highest BCUT2D eigenvalue weighted by Crippen LogP contribution is 2.35. The summed E-state index contributed by atoms with van der Waals surface area (Å²) in [6, 6.07) is 11.1. The first kappa shape index (κ1) is 25.6. The Kier molecular flexibility index (Phi) is 6.86. The number of H-pyrrole nitrogens is 1. The molecule has 4 heterocycles. The Bertz CT molecular complexity index is 1600. The molecule has 0 saturated carbocycles. The van der Waals surface area contributed by atoms with E-state index in [9.17, 15) is 9.18 Å². The second kappa shape index (κ2) is 10.5. The maximum atomic E-state index is 15.3. The highest BCUT2D eigenvalue weighted by atomic mass is 19.1. The maximum absolute atomic E-state index is 15.3. The lowest BCUT2D eigenvalue weighted by Gasteiger charge is -2.28. The second-order valence-electron chi connectivity index (χ2n) is 10.6. The summed E-state index contributed by atoms with van der Waals surface area (Å²) < 4.78 is 35.4. The van der Waals surface area contributed by atoms with Crippen LogP contribution in [0.25, 0.3) is 33.3 Å². The molecule has 2 aromatic carbocycles. The number of aromatic nitrogens is 3. The van der Waals surface area contributed by atoms with Crippen LogP contribution >= 0.6 is 0 Å². The predicted molar refractivity (Wildman–Crippen MR) is 147 cm³/mol. The molecule has 2 aliphatic heterocycles. The van der Waals surface area contributed by atoms with Gasteiger partial charge in [-0.1, -0.05) is 18.2 Å². The third kappa shape index (κ3) is 4.92. The van der Waals surface area contributed by atoms with Gasteiger partial charge in [-0.25, -0.2) is 9.37 Å². The van der Waals surface area contributed by atoms with Crippen LogP contribution in [-0.2, 0) is 11.3 Å². The third-order valence-electron chi connectivity index (χ3n) is 8.15. The Morgan fingerprint density at radius 2 is 1.79 bits per heavy atom. The first-order valence-corrected chi connectivity index (χ1v) is 13.5. The Morgan fingerprint density at radius 3 is 2.56 bits per heavy atom. The minimum absolute atomic E-state index is 0.0833. The first-order valence-electron chi connectivity index (χ1n) is 13.5. The van der Waals surface area contributed by atoms with Crippen LogP contribution in [0.15, 0.2) is 47.4 Å². The van der Waals surface area contributed by atoms with E-state index in [0.717, 1.165) is 45.3 Å². The molecule has 0 aliphatic carbocycles. The van der Waals surface area contributed by atoms with E-state index in [4.69, 9.17) is 10.5 Å². The number of aromatic amines is 1. The van der Waals surface area contributed by atoms with Crippen molar-refractivity contribution in [1.82, 2.24) is 19.9 Å². The van der Waals surface area contributed by atoms with Gasteiger partial charge < -0.3 is 15.5 Å². The van der Waals surface area contributed by atoms with Gasteiger partial charge in [-0.05, 0) is 74.4 Å². The lowest BCUT2D eigenvalue weighted by molar-refractivity contribution is 0.0849. The molecule has 0 spiro atoms. The summed E-state index contributed by atoms with van der Waals surface area (Å²) in [4.78, 5) is 25.5. The van der Waals surface area contributed by atoms with Gasteiger partial charge in [0, 0.05) is 53.9 Å². The third-order valence-corrected chi connectivity index (χ3v) is 8.15. The fraction of sp³-hybridized carbons (Fsp3) is 0.367. The highest BCUT2D eigenvalue weighted by molar-refractivity contribution is 5.88. The summed E-state index contributed by atoms with van der Waals surface area (Å²) >= 11 is 0. The number of nitrogens with two attached hydrogens (primary N) is 1. The molecule has 3 N–H and O–H groups in total. The smallest absolute Gasteiger partial charge is 0.256 e. The van der Waals surface area contributed by atoms with E-state index in [1.54, 1.807) is 6.07 Å². The number of hydrogen-bond donors (Lipinski definition) is 2. The number of nitrogen functional groups attached to an aromatic ring is 1. The van der Waals surface area contributed by atoms with Gasteiger partial charge in [0.1, 0.15) is 17.2 Å². The van der Waals surface area contributed by atoms with Crippen molar-refractivity contribution in [2.75, 3.05) is 25.5 Å². The van der Waals surface area contributed by atoms with Crippen molar-refractivity contribution in [2.24, 2.45) is 0 Å². The number of halogens is 2.